The van der Waals surface area contributed by atoms with Crippen molar-refractivity contribution in [1.29, 1.82) is 0 Å². The number of halogens is 3. The molecule has 0 aromatic heterocycles. The van der Waals surface area contributed by atoms with Gasteiger partial charge in [0.1, 0.15) is 5.44 Å². The zero-order chi connectivity index (χ0) is 15.3. The maximum absolute atomic E-state index is 12.2. The predicted molar refractivity (Wildman–Crippen MR) is 55.8 cm³/mol. The van der Waals surface area contributed by atoms with E-state index in [1.165, 1.54) is 0 Å². The van der Waals surface area contributed by atoms with Gasteiger partial charge in [-0.1, -0.05) is 11.8 Å². The summed E-state index contributed by atoms with van der Waals surface area (Å²) in [5.74, 6) is -2.35. The minimum absolute atomic E-state index is 0.124. The number of amides is 1. The summed E-state index contributed by atoms with van der Waals surface area (Å²) in [5, 5.41) is 10.0. The van der Waals surface area contributed by atoms with Gasteiger partial charge in [-0.2, -0.15) is 21.6 Å². The Morgan fingerprint density at radius 1 is 1.50 bits per heavy atom. The number of carbonyl (C=O) groups is 2. The van der Waals surface area contributed by atoms with Crippen LogP contribution in [0.3, 0.4) is 0 Å². The Morgan fingerprint density at radius 2 is 2.10 bits per heavy atom. The summed E-state index contributed by atoms with van der Waals surface area (Å²) in [4.78, 5) is 22.8. The predicted octanol–water partition coefficient (Wildman–Crippen LogP) is -0.882. The highest BCUT2D eigenvalue weighted by Gasteiger charge is 2.51. The van der Waals surface area contributed by atoms with Gasteiger partial charge < -0.3 is 9.90 Å². The van der Waals surface area contributed by atoms with Gasteiger partial charge in [-0.25, -0.2) is 4.18 Å². The Bertz CT molecular complexity index is 598. The molecule has 20 heavy (non-hydrogen) atoms. The van der Waals surface area contributed by atoms with Crippen molar-refractivity contribution in [2.45, 2.75) is 22.7 Å². The van der Waals surface area contributed by atoms with Gasteiger partial charge in [-0.3, -0.25) is 9.69 Å². The van der Waals surface area contributed by atoms with E-state index in [0.717, 1.165) is 4.90 Å². The molecular formula is C8H5F3NO6S2-. The number of hydrogen-bond donors (Lipinski definition) is 0. The van der Waals surface area contributed by atoms with Gasteiger partial charge in [0, 0.05) is 0 Å². The molecule has 0 N–H and O–H groups in total. The molecule has 2 heterocycles. The molecule has 0 radical (unpaired) electrons. The summed E-state index contributed by atoms with van der Waals surface area (Å²) in [5.41, 5.74) is -8.01. The van der Waals surface area contributed by atoms with E-state index in [2.05, 4.69) is 4.18 Å². The summed E-state index contributed by atoms with van der Waals surface area (Å²) in [6, 6.07) is 0. The van der Waals surface area contributed by atoms with Crippen molar-refractivity contribution in [2.75, 3.05) is 0 Å². The Morgan fingerprint density at radius 3 is 2.55 bits per heavy atom. The lowest BCUT2D eigenvalue weighted by Gasteiger charge is -2.45. The summed E-state index contributed by atoms with van der Waals surface area (Å²) >= 11 is 0.585. The third-order valence-corrected chi connectivity index (χ3v) is 4.81. The summed E-state index contributed by atoms with van der Waals surface area (Å²) in [7, 11) is -5.86. The van der Waals surface area contributed by atoms with Crippen LogP contribution in [0.1, 0.15) is 6.42 Å². The lowest BCUT2D eigenvalue weighted by Crippen LogP contribution is -2.56. The van der Waals surface area contributed by atoms with Gasteiger partial charge >= 0.3 is 15.6 Å². The molecule has 2 atom stereocenters. The number of thioether (sulfide) groups is 1. The molecule has 2 aliphatic rings. The Hall–Kier alpha value is -1.27. The van der Waals surface area contributed by atoms with Crippen molar-refractivity contribution >= 4 is 33.8 Å². The Balaban J connectivity index is 2.25. The molecule has 0 aromatic carbocycles. The highest BCUT2D eigenvalue weighted by molar-refractivity contribution is 8.01. The first-order valence-corrected chi connectivity index (χ1v) is 7.28. The second-order valence-electron chi connectivity index (χ2n) is 3.76. The molecule has 112 valence electrons. The van der Waals surface area contributed by atoms with Crippen LogP contribution in [0.4, 0.5) is 13.2 Å². The lowest BCUT2D eigenvalue weighted by atomic mass is 10.1. The number of nitrogens with zero attached hydrogens (tertiary/aromatic N) is 1. The molecule has 0 aliphatic carbocycles. The zero-order valence-electron chi connectivity index (χ0n) is 9.29. The third kappa shape index (κ3) is 2.50. The van der Waals surface area contributed by atoms with Crippen molar-refractivity contribution in [3.63, 3.8) is 0 Å². The van der Waals surface area contributed by atoms with Gasteiger partial charge in [0.15, 0.2) is 0 Å². The number of hydrogen-bond acceptors (Lipinski definition) is 7. The average molecular weight is 332 g/mol. The van der Waals surface area contributed by atoms with E-state index in [0.29, 0.717) is 17.8 Å². The van der Waals surface area contributed by atoms with Crippen LogP contribution >= 0.6 is 11.8 Å². The van der Waals surface area contributed by atoms with Crippen LogP contribution in [0.25, 0.3) is 0 Å². The number of aliphatic carboxylic acids is 1. The van der Waals surface area contributed by atoms with Gasteiger partial charge in [0.25, 0.3) is 0 Å². The van der Waals surface area contributed by atoms with E-state index in [-0.39, 0.29) is 6.42 Å². The quantitative estimate of drug-likeness (QED) is 0.375. The molecule has 1 amide bonds. The first-order chi connectivity index (χ1) is 9.03. The summed E-state index contributed by atoms with van der Waals surface area (Å²) in [6.45, 7) is 0. The molecule has 7 nitrogen and oxygen atoms in total. The van der Waals surface area contributed by atoms with Crippen LogP contribution in [0.15, 0.2) is 11.8 Å². The normalized spacial score (nSPS) is 26.6. The second-order valence-corrected chi connectivity index (χ2v) is 6.61. The highest BCUT2D eigenvalue weighted by Crippen LogP contribution is 2.42. The van der Waals surface area contributed by atoms with E-state index in [9.17, 15) is 36.3 Å². The topological polar surface area (TPSA) is 104 Å². The van der Waals surface area contributed by atoms with Crippen molar-refractivity contribution in [3.8, 4) is 0 Å². The molecule has 0 aromatic rings. The zero-order valence-corrected chi connectivity index (χ0v) is 10.9. The molecule has 2 rings (SSSR count). The summed E-state index contributed by atoms with van der Waals surface area (Å²) < 4.78 is 62.1. The number of β-lactam (4-membered cyclic amide) rings is 1. The number of carboxylic acid groups (broad SMARTS) is 1. The fraction of sp³-hybridized carbons (Fsp3) is 0.500. The minimum atomic E-state index is -5.86. The summed E-state index contributed by atoms with van der Waals surface area (Å²) in [6.07, 6.45) is 0.470. The smallest absolute Gasteiger partial charge is 0.523 e. The highest BCUT2D eigenvalue weighted by atomic mass is 32.2. The molecule has 0 saturated carbocycles. The van der Waals surface area contributed by atoms with Crippen molar-refractivity contribution in [1.82, 2.24) is 4.90 Å². The van der Waals surface area contributed by atoms with Gasteiger partial charge in [0.2, 0.25) is 5.91 Å². The molecule has 2 aliphatic heterocycles. The van der Waals surface area contributed by atoms with Crippen molar-refractivity contribution in [2.24, 2.45) is 0 Å². The standard InChI is InChI=1S/C8H6F3NO6S2/c9-8(10,11)20(16,17)18-6-1-3(7(14)15)12-4(13)2-5(12)19-6/h1,5-6H,2H2,(H,14,15)/p-1/t5-,6?/m1/s1. The fourth-order valence-electron chi connectivity index (χ4n) is 1.59. The van der Waals surface area contributed by atoms with Crippen molar-refractivity contribution in [3.05, 3.63) is 11.8 Å². The second kappa shape index (κ2) is 4.63. The molecule has 1 fully saturated rings. The fourth-order valence-corrected chi connectivity index (χ4v) is 3.60. The van der Waals surface area contributed by atoms with E-state index < -0.39 is 44.0 Å². The van der Waals surface area contributed by atoms with Crippen LogP contribution in [0, 0.1) is 0 Å². The van der Waals surface area contributed by atoms with E-state index in [4.69, 9.17) is 0 Å². The van der Waals surface area contributed by atoms with Crippen LogP contribution in [0.2, 0.25) is 0 Å². The molecule has 12 heteroatoms. The van der Waals surface area contributed by atoms with Crippen LogP contribution in [-0.2, 0) is 23.9 Å². The molecule has 0 spiro atoms. The largest absolute Gasteiger partial charge is 0.543 e. The Kier molecular flexibility index (Phi) is 3.50. The molecular weight excluding hydrogens is 327 g/mol. The average Bonchev–Trinajstić information content (AvgIpc) is 2.24. The number of alkyl halides is 3. The number of carboxylic acids is 1. The number of rotatable bonds is 3. The Labute approximate surface area is 114 Å². The van der Waals surface area contributed by atoms with Crippen molar-refractivity contribution < 1.29 is 40.5 Å². The third-order valence-electron chi connectivity index (χ3n) is 2.46. The molecule has 1 saturated heterocycles. The van der Waals surface area contributed by atoms with Gasteiger partial charge in [-0.05, 0) is 6.08 Å². The van der Waals surface area contributed by atoms with E-state index >= 15 is 0 Å². The van der Waals surface area contributed by atoms with E-state index in [1.54, 1.807) is 0 Å². The lowest BCUT2D eigenvalue weighted by molar-refractivity contribution is -0.301. The van der Waals surface area contributed by atoms with Gasteiger partial charge in [0.05, 0.1) is 23.5 Å². The van der Waals surface area contributed by atoms with Crippen LogP contribution < -0.4 is 5.11 Å². The van der Waals surface area contributed by atoms with E-state index in [1.807, 2.05) is 0 Å². The SMILES string of the molecule is O=C([O-])C1=CC(OS(=O)(=O)C(F)(F)F)S[C@@H]2CC(=O)N12. The maximum Gasteiger partial charge on any atom is 0.523 e. The monoisotopic (exact) mass is 332 g/mol. The van der Waals surface area contributed by atoms with Gasteiger partial charge in [-0.15, -0.1) is 0 Å². The maximum atomic E-state index is 12.2. The number of fused-ring (bicyclic) bond motifs is 1. The van der Waals surface area contributed by atoms with Crippen LogP contribution in [0.5, 0.6) is 0 Å². The first-order valence-electron chi connectivity index (χ1n) is 4.93. The van der Waals surface area contributed by atoms with Crippen LogP contribution in [-0.4, -0.2) is 41.5 Å². The molecule has 0 bridgehead atoms. The molecule has 1 unspecified atom stereocenters. The first kappa shape index (κ1) is 15.1. The number of carbonyl (C=O) groups excluding carboxylic acids is 2. The minimum Gasteiger partial charge on any atom is -0.543 e.